The van der Waals surface area contributed by atoms with Crippen molar-refractivity contribution in [2.24, 2.45) is 7.05 Å². The fourth-order valence-electron chi connectivity index (χ4n) is 4.31. The number of alkyl halides is 3. The van der Waals surface area contributed by atoms with Crippen LogP contribution in [-0.4, -0.2) is 40.8 Å². The van der Waals surface area contributed by atoms with Crippen LogP contribution in [0.2, 0.25) is 0 Å². The number of anilines is 1. The van der Waals surface area contributed by atoms with Crippen molar-refractivity contribution in [3.63, 3.8) is 0 Å². The predicted molar refractivity (Wildman–Crippen MR) is 121 cm³/mol. The van der Waals surface area contributed by atoms with Gasteiger partial charge in [0.25, 0.3) is 17.5 Å². The monoisotopic (exact) mass is 496 g/mol. The van der Waals surface area contributed by atoms with Gasteiger partial charge in [-0.15, -0.1) is 0 Å². The summed E-state index contributed by atoms with van der Waals surface area (Å²) < 4.78 is 68.3. The van der Waals surface area contributed by atoms with Gasteiger partial charge in [-0.05, 0) is 13.3 Å². The van der Waals surface area contributed by atoms with E-state index in [1.165, 1.54) is 39.4 Å². The number of methoxy groups -OCH3 is 1. The molecule has 188 valence electrons. The van der Waals surface area contributed by atoms with Crippen LogP contribution < -0.4 is 21.2 Å². The number of benzene rings is 1. The molecule has 0 aliphatic carbocycles. The summed E-state index contributed by atoms with van der Waals surface area (Å²) in [5.74, 6) is -1.29. The summed E-state index contributed by atoms with van der Waals surface area (Å²) in [6.07, 6.45) is -2.92. The molecule has 1 aliphatic rings. The number of ether oxygens (including phenoxy) is 2. The van der Waals surface area contributed by atoms with Crippen LogP contribution in [0.1, 0.15) is 43.0 Å². The lowest BCUT2D eigenvalue weighted by molar-refractivity contribution is 0.00230. The summed E-state index contributed by atoms with van der Waals surface area (Å²) in [7, 11) is 2.58. The minimum absolute atomic E-state index is 0.0415. The van der Waals surface area contributed by atoms with Crippen LogP contribution in [0.4, 0.5) is 23.4 Å². The molecule has 0 radical (unpaired) electrons. The third-order valence-corrected chi connectivity index (χ3v) is 6.13. The average molecular weight is 496 g/mol. The molecule has 3 aromatic rings. The number of rotatable bonds is 6. The topological polar surface area (TPSA) is 87.4 Å². The summed E-state index contributed by atoms with van der Waals surface area (Å²) in [5, 5.41) is 7.19. The van der Waals surface area contributed by atoms with E-state index in [2.05, 4.69) is 10.4 Å². The van der Waals surface area contributed by atoms with Crippen LogP contribution >= 0.6 is 0 Å². The van der Waals surface area contributed by atoms with Crippen molar-refractivity contribution in [2.45, 2.75) is 38.0 Å². The Morgan fingerprint density at radius 2 is 1.94 bits per heavy atom. The Hall–Kier alpha value is -3.41. The van der Waals surface area contributed by atoms with Crippen molar-refractivity contribution in [2.75, 3.05) is 25.6 Å². The van der Waals surface area contributed by atoms with E-state index >= 15 is 0 Å². The van der Waals surface area contributed by atoms with Crippen molar-refractivity contribution >= 4 is 16.6 Å². The molecular weight excluding hydrogens is 472 g/mol. The van der Waals surface area contributed by atoms with Crippen molar-refractivity contribution in [1.82, 2.24) is 14.3 Å². The third-order valence-electron chi connectivity index (χ3n) is 6.13. The molecule has 3 heterocycles. The summed E-state index contributed by atoms with van der Waals surface area (Å²) in [6, 6.07) is 1.96. The van der Waals surface area contributed by atoms with Crippen LogP contribution in [0.25, 0.3) is 10.8 Å². The number of halogens is 4. The highest BCUT2D eigenvalue weighted by molar-refractivity contribution is 5.94. The predicted octanol–water partition coefficient (Wildman–Crippen LogP) is 3.65. The lowest BCUT2D eigenvalue weighted by atomic mass is 10.0. The Balaban J connectivity index is 1.89. The SMILES string of the molecule is COc1c(=O)n([C@H]2CCOC[C@H]2F)cc2c(N[C@H](C)c3cccc(C(F)F)c3F)nn(C)c(=O)c12. The molecule has 4 rings (SSSR count). The number of nitrogens with zero attached hydrogens (tertiary/aromatic N) is 3. The molecule has 1 aliphatic heterocycles. The minimum Gasteiger partial charge on any atom is -0.490 e. The van der Waals surface area contributed by atoms with Crippen LogP contribution in [-0.2, 0) is 11.8 Å². The number of aromatic nitrogens is 3. The highest BCUT2D eigenvalue weighted by atomic mass is 19.3. The molecular formula is C23H24F4N4O4. The first-order valence-electron chi connectivity index (χ1n) is 10.9. The summed E-state index contributed by atoms with van der Waals surface area (Å²) in [6.45, 7) is 1.60. The zero-order chi connectivity index (χ0) is 25.4. The second kappa shape index (κ2) is 9.68. The Kier molecular flexibility index (Phi) is 6.84. The van der Waals surface area contributed by atoms with Gasteiger partial charge in [0.1, 0.15) is 17.4 Å². The van der Waals surface area contributed by atoms with Gasteiger partial charge in [-0.25, -0.2) is 22.2 Å². The van der Waals surface area contributed by atoms with Crippen molar-refractivity contribution in [1.29, 1.82) is 0 Å². The zero-order valence-electron chi connectivity index (χ0n) is 19.2. The molecule has 8 nitrogen and oxygen atoms in total. The van der Waals surface area contributed by atoms with E-state index < -0.39 is 47.2 Å². The molecule has 1 aromatic carbocycles. The van der Waals surface area contributed by atoms with Gasteiger partial charge < -0.3 is 19.4 Å². The normalized spacial score (nSPS) is 19.2. The zero-order valence-corrected chi connectivity index (χ0v) is 19.2. The van der Waals surface area contributed by atoms with E-state index in [1.54, 1.807) is 0 Å². The minimum atomic E-state index is -2.99. The first-order chi connectivity index (χ1) is 16.6. The molecule has 0 saturated carbocycles. The largest absolute Gasteiger partial charge is 0.490 e. The second-order valence-corrected chi connectivity index (χ2v) is 8.30. The first kappa shape index (κ1) is 24.7. The molecule has 35 heavy (non-hydrogen) atoms. The maximum Gasteiger partial charge on any atom is 0.294 e. The van der Waals surface area contributed by atoms with Gasteiger partial charge >= 0.3 is 0 Å². The second-order valence-electron chi connectivity index (χ2n) is 8.30. The maximum absolute atomic E-state index is 14.7. The number of pyridine rings is 1. The van der Waals surface area contributed by atoms with Crippen molar-refractivity contribution < 1.29 is 27.0 Å². The standard InChI is InChI=1S/C23H24F4N4O4/c1-11(12-5-4-6-13(18(12)25)20(26)27)28-21-14-9-31(16-7-8-35-10-15(16)24)23(33)19(34-3)17(14)22(32)30(2)29-21/h4-6,9,11,15-16,20H,7-8,10H2,1-3H3,(H,28,29)/t11-,15-,16+/m1/s1. The Labute approximate surface area is 197 Å². The number of hydrogen-bond acceptors (Lipinski definition) is 6. The van der Waals surface area contributed by atoms with E-state index in [-0.39, 0.29) is 47.5 Å². The molecule has 0 unspecified atom stereocenters. The number of fused-ring (bicyclic) bond motifs is 1. The van der Waals surface area contributed by atoms with Crippen LogP contribution in [0.15, 0.2) is 34.0 Å². The van der Waals surface area contributed by atoms with Crippen LogP contribution in [0.3, 0.4) is 0 Å². The van der Waals surface area contributed by atoms with Gasteiger partial charge in [0.05, 0.1) is 36.8 Å². The van der Waals surface area contributed by atoms with E-state index in [9.17, 15) is 27.2 Å². The fraction of sp³-hybridized carbons (Fsp3) is 0.435. The molecule has 2 aromatic heterocycles. The van der Waals surface area contributed by atoms with Gasteiger partial charge in [0.15, 0.2) is 11.6 Å². The lowest BCUT2D eigenvalue weighted by Crippen LogP contribution is -2.37. The number of hydrogen-bond donors (Lipinski definition) is 1. The Bertz CT molecular complexity index is 1370. The van der Waals surface area contributed by atoms with Gasteiger partial charge in [0, 0.05) is 25.4 Å². The quantitative estimate of drug-likeness (QED) is 0.525. The van der Waals surface area contributed by atoms with Gasteiger partial charge in [-0.1, -0.05) is 18.2 Å². The number of nitrogens with one attached hydrogen (secondary N) is 1. The highest BCUT2D eigenvalue weighted by Gasteiger charge is 2.30. The van der Waals surface area contributed by atoms with Crippen LogP contribution in [0.5, 0.6) is 5.75 Å². The summed E-state index contributed by atoms with van der Waals surface area (Å²) in [4.78, 5) is 26.0. The molecule has 1 fully saturated rings. The van der Waals surface area contributed by atoms with Gasteiger partial charge in [0.2, 0.25) is 0 Å². The molecule has 0 amide bonds. The molecule has 0 bridgehead atoms. The van der Waals surface area contributed by atoms with Gasteiger partial charge in [-0.3, -0.25) is 9.59 Å². The fourth-order valence-corrected chi connectivity index (χ4v) is 4.31. The molecule has 0 spiro atoms. The Morgan fingerprint density at radius 1 is 1.23 bits per heavy atom. The molecule has 3 atom stereocenters. The lowest BCUT2D eigenvalue weighted by Gasteiger charge is -2.28. The van der Waals surface area contributed by atoms with E-state index in [1.807, 2.05) is 0 Å². The molecule has 1 saturated heterocycles. The van der Waals surface area contributed by atoms with E-state index in [0.717, 1.165) is 15.3 Å². The summed E-state index contributed by atoms with van der Waals surface area (Å²) >= 11 is 0. The van der Waals surface area contributed by atoms with Crippen molar-refractivity contribution in [3.05, 3.63) is 62.0 Å². The smallest absolute Gasteiger partial charge is 0.294 e. The highest BCUT2D eigenvalue weighted by Crippen LogP contribution is 2.32. The maximum atomic E-state index is 14.7. The Morgan fingerprint density at radius 3 is 2.60 bits per heavy atom. The van der Waals surface area contributed by atoms with Crippen LogP contribution in [0, 0.1) is 5.82 Å². The van der Waals surface area contributed by atoms with E-state index in [4.69, 9.17) is 9.47 Å². The number of aryl methyl sites for hydroxylation is 1. The third kappa shape index (κ3) is 4.38. The first-order valence-corrected chi connectivity index (χ1v) is 10.9. The molecule has 12 heteroatoms. The molecule has 1 N–H and O–H groups in total. The van der Waals surface area contributed by atoms with Crippen molar-refractivity contribution in [3.8, 4) is 5.75 Å². The summed E-state index contributed by atoms with van der Waals surface area (Å²) in [5.41, 5.74) is -2.10. The van der Waals surface area contributed by atoms with Gasteiger partial charge in [-0.2, -0.15) is 5.10 Å². The average Bonchev–Trinajstić information content (AvgIpc) is 2.82. The van der Waals surface area contributed by atoms with E-state index in [0.29, 0.717) is 0 Å².